The molecule has 2 aromatic rings. The lowest BCUT2D eigenvalue weighted by Gasteiger charge is -2.29. The van der Waals surface area contributed by atoms with E-state index in [1.807, 2.05) is 0 Å². The van der Waals surface area contributed by atoms with Crippen LogP contribution in [0.1, 0.15) is 29.9 Å². The Morgan fingerprint density at radius 1 is 1.26 bits per heavy atom. The van der Waals surface area contributed by atoms with E-state index in [1.54, 1.807) is 43.0 Å². The monoisotopic (exact) mass is 393 g/mol. The Hall–Kier alpha value is -2.39. The van der Waals surface area contributed by atoms with Gasteiger partial charge in [-0.2, -0.15) is 0 Å². The number of carbonyl (C=O) groups is 1. The third-order valence-corrected chi connectivity index (χ3v) is 6.24. The first-order valence-corrected chi connectivity index (χ1v) is 10.2. The summed E-state index contributed by atoms with van der Waals surface area (Å²) in [6, 6.07) is 6.69. The van der Waals surface area contributed by atoms with E-state index in [1.165, 1.54) is 0 Å². The zero-order valence-electron chi connectivity index (χ0n) is 15.3. The van der Waals surface area contributed by atoms with Crippen LogP contribution in [0.5, 0.6) is 0 Å². The molecule has 1 fully saturated rings. The van der Waals surface area contributed by atoms with Crippen LogP contribution in [0.3, 0.4) is 0 Å². The van der Waals surface area contributed by atoms with Crippen LogP contribution >= 0.6 is 0 Å². The van der Waals surface area contributed by atoms with Gasteiger partial charge in [-0.3, -0.25) is 9.52 Å². The number of nitrogens with one attached hydrogen (secondary N) is 1. The molecule has 1 aliphatic rings. The molecule has 0 saturated carbocycles. The summed E-state index contributed by atoms with van der Waals surface area (Å²) < 4.78 is 32.4. The average Bonchev–Trinajstić information content (AvgIpc) is 2.96. The minimum atomic E-state index is -3.79. The van der Waals surface area contributed by atoms with Crippen molar-refractivity contribution in [2.75, 3.05) is 17.8 Å². The van der Waals surface area contributed by atoms with Gasteiger partial charge in [-0.1, -0.05) is 17.3 Å². The van der Waals surface area contributed by atoms with Crippen molar-refractivity contribution in [2.24, 2.45) is 0 Å². The summed E-state index contributed by atoms with van der Waals surface area (Å²) in [5.41, 5.74) is 1.49. The van der Waals surface area contributed by atoms with Gasteiger partial charge < -0.3 is 14.5 Å². The smallest absolute Gasteiger partial charge is 0.267 e. The molecule has 0 bridgehead atoms. The number of hydrogen-bond donors (Lipinski definition) is 2. The number of nitrogens with zero attached hydrogens (tertiary/aromatic N) is 2. The molecule has 27 heavy (non-hydrogen) atoms. The number of aryl methyl sites for hydroxylation is 2. The van der Waals surface area contributed by atoms with Crippen molar-refractivity contribution < 1.29 is 22.8 Å². The predicted octanol–water partition coefficient (Wildman–Crippen LogP) is 1.62. The van der Waals surface area contributed by atoms with E-state index in [0.717, 1.165) is 5.56 Å². The second kappa shape index (κ2) is 7.69. The van der Waals surface area contributed by atoms with E-state index in [9.17, 15) is 18.3 Å². The minimum absolute atomic E-state index is 0.00551. The number of aliphatic hydroxyl groups is 1. The van der Waals surface area contributed by atoms with E-state index < -0.39 is 10.0 Å². The molecule has 0 atom stereocenters. The van der Waals surface area contributed by atoms with Crippen molar-refractivity contribution >= 4 is 21.6 Å². The van der Waals surface area contributed by atoms with Gasteiger partial charge in [0.25, 0.3) is 10.0 Å². The molecule has 1 aliphatic heterocycles. The van der Waals surface area contributed by atoms with Gasteiger partial charge in [0.05, 0.1) is 12.5 Å². The van der Waals surface area contributed by atoms with Crippen LogP contribution in [0.15, 0.2) is 33.7 Å². The highest BCUT2D eigenvalue weighted by molar-refractivity contribution is 7.92. The average molecular weight is 393 g/mol. The molecule has 0 spiro atoms. The van der Waals surface area contributed by atoms with Gasteiger partial charge in [-0.05, 0) is 44.4 Å². The Morgan fingerprint density at radius 2 is 1.89 bits per heavy atom. The van der Waals surface area contributed by atoms with E-state index in [0.29, 0.717) is 37.3 Å². The van der Waals surface area contributed by atoms with Crippen LogP contribution in [0.2, 0.25) is 0 Å². The number of benzene rings is 1. The number of amides is 1. The normalized spacial score (nSPS) is 15.7. The highest BCUT2D eigenvalue weighted by Gasteiger charge is 2.24. The molecule has 0 aliphatic carbocycles. The summed E-state index contributed by atoms with van der Waals surface area (Å²) in [5.74, 6) is 0.236. The number of piperidine rings is 1. The quantitative estimate of drug-likeness (QED) is 0.798. The molecule has 1 saturated heterocycles. The molecule has 3 rings (SSSR count). The van der Waals surface area contributed by atoms with E-state index in [-0.39, 0.29) is 29.1 Å². The Bertz CT molecular complexity index is 893. The Morgan fingerprint density at radius 3 is 2.44 bits per heavy atom. The Labute approximate surface area is 158 Å². The number of hydrogen-bond acceptors (Lipinski definition) is 6. The molecule has 1 aromatic carbocycles. The van der Waals surface area contributed by atoms with Gasteiger partial charge in [-0.25, -0.2) is 8.42 Å². The SMILES string of the molecule is Cc1noc(C)c1S(=O)(=O)Nc1ccc(CC(=O)N2CCC(O)CC2)cc1. The summed E-state index contributed by atoms with van der Waals surface area (Å²) in [4.78, 5) is 14.1. The molecule has 0 radical (unpaired) electrons. The fourth-order valence-corrected chi connectivity index (χ4v) is 4.55. The first-order chi connectivity index (χ1) is 12.8. The van der Waals surface area contributed by atoms with Crippen LogP contribution in [0.4, 0.5) is 5.69 Å². The maximum atomic E-state index is 12.5. The van der Waals surface area contributed by atoms with Crippen LogP contribution in [-0.4, -0.2) is 48.7 Å². The third-order valence-electron chi connectivity index (χ3n) is 4.62. The molecule has 146 valence electrons. The van der Waals surface area contributed by atoms with Gasteiger partial charge in [0.15, 0.2) is 10.7 Å². The second-order valence-electron chi connectivity index (χ2n) is 6.74. The number of rotatable bonds is 5. The van der Waals surface area contributed by atoms with Crippen LogP contribution in [-0.2, 0) is 21.2 Å². The number of sulfonamides is 1. The maximum Gasteiger partial charge on any atom is 0.267 e. The summed E-state index contributed by atoms with van der Waals surface area (Å²) in [6.07, 6.45) is 1.13. The Balaban J connectivity index is 1.64. The predicted molar refractivity (Wildman–Crippen MR) is 98.8 cm³/mol. The maximum absolute atomic E-state index is 12.5. The van der Waals surface area contributed by atoms with Gasteiger partial charge in [0.1, 0.15) is 5.69 Å². The molecule has 1 aromatic heterocycles. The van der Waals surface area contributed by atoms with Gasteiger partial charge >= 0.3 is 0 Å². The Kier molecular flexibility index (Phi) is 5.52. The topological polar surface area (TPSA) is 113 Å². The first kappa shape index (κ1) is 19.4. The largest absolute Gasteiger partial charge is 0.393 e. The van der Waals surface area contributed by atoms with Gasteiger partial charge in [-0.15, -0.1) is 0 Å². The highest BCUT2D eigenvalue weighted by atomic mass is 32.2. The zero-order chi connectivity index (χ0) is 19.6. The van der Waals surface area contributed by atoms with Crippen LogP contribution < -0.4 is 4.72 Å². The summed E-state index contributed by atoms with van der Waals surface area (Å²) >= 11 is 0. The van der Waals surface area contributed by atoms with Crippen molar-refractivity contribution in [3.05, 3.63) is 41.3 Å². The number of aliphatic hydroxyl groups excluding tert-OH is 1. The van der Waals surface area contributed by atoms with Crippen molar-refractivity contribution in [2.45, 2.75) is 44.1 Å². The standard InChI is InChI=1S/C18H23N3O5S/c1-12-18(13(2)26-19-12)27(24,25)20-15-5-3-14(4-6-15)11-17(23)21-9-7-16(22)8-10-21/h3-6,16,20,22H,7-11H2,1-2H3. The molecule has 9 heteroatoms. The minimum Gasteiger partial charge on any atom is -0.393 e. The fraction of sp³-hybridized carbons (Fsp3) is 0.444. The van der Waals surface area contributed by atoms with E-state index >= 15 is 0 Å². The number of anilines is 1. The number of likely N-dealkylation sites (tertiary alicyclic amines) is 1. The fourth-order valence-electron chi connectivity index (χ4n) is 3.16. The van der Waals surface area contributed by atoms with Crippen molar-refractivity contribution in [3.63, 3.8) is 0 Å². The van der Waals surface area contributed by atoms with E-state index in [4.69, 9.17) is 4.52 Å². The van der Waals surface area contributed by atoms with Gasteiger partial charge in [0.2, 0.25) is 5.91 Å². The van der Waals surface area contributed by atoms with Crippen LogP contribution in [0, 0.1) is 13.8 Å². The molecule has 1 amide bonds. The van der Waals surface area contributed by atoms with E-state index in [2.05, 4.69) is 9.88 Å². The highest BCUT2D eigenvalue weighted by Crippen LogP contribution is 2.22. The summed E-state index contributed by atoms with van der Waals surface area (Å²) in [7, 11) is -3.79. The molecular formula is C18H23N3O5S. The molecule has 2 N–H and O–H groups in total. The lowest BCUT2D eigenvalue weighted by molar-refractivity contribution is -0.132. The number of carbonyl (C=O) groups excluding carboxylic acids is 1. The van der Waals surface area contributed by atoms with Crippen molar-refractivity contribution in [1.82, 2.24) is 10.1 Å². The summed E-state index contributed by atoms with van der Waals surface area (Å²) in [6.45, 7) is 4.24. The summed E-state index contributed by atoms with van der Waals surface area (Å²) in [5, 5.41) is 13.2. The lowest BCUT2D eigenvalue weighted by atomic mass is 10.1. The van der Waals surface area contributed by atoms with Crippen molar-refractivity contribution in [1.29, 1.82) is 0 Å². The van der Waals surface area contributed by atoms with Crippen molar-refractivity contribution in [3.8, 4) is 0 Å². The molecule has 0 unspecified atom stereocenters. The lowest BCUT2D eigenvalue weighted by Crippen LogP contribution is -2.40. The zero-order valence-corrected chi connectivity index (χ0v) is 16.1. The third kappa shape index (κ3) is 4.48. The molecule has 8 nitrogen and oxygen atoms in total. The molecule has 2 heterocycles. The van der Waals surface area contributed by atoms with Crippen LogP contribution in [0.25, 0.3) is 0 Å². The first-order valence-electron chi connectivity index (χ1n) is 8.77. The molecular weight excluding hydrogens is 370 g/mol. The number of aromatic nitrogens is 1. The van der Waals surface area contributed by atoms with Gasteiger partial charge in [0, 0.05) is 18.8 Å². The second-order valence-corrected chi connectivity index (χ2v) is 8.36.